The summed E-state index contributed by atoms with van der Waals surface area (Å²) < 4.78 is 28.6. The fourth-order valence-electron chi connectivity index (χ4n) is 1.77. The molecule has 1 aromatic heterocycles. The van der Waals surface area contributed by atoms with Gasteiger partial charge in [-0.1, -0.05) is 0 Å². The summed E-state index contributed by atoms with van der Waals surface area (Å²) in [6.07, 6.45) is 0. The van der Waals surface area contributed by atoms with Gasteiger partial charge in [0.1, 0.15) is 5.75 Å². The lowest BCUT2D eigenvalue weighted by Gasteiger charge is -2.16. The monoisotopic (exact) mass is 377 g/mol. The fraction of sp³-hybridized carbons (Fsp3) is 0.333. The molecular weight excluding hydrogens is 360 g/mol. The molecule has 0 unspecified atom stereocenters. The molecule has 1 heterocycles. The summed E-state index contributed by atoms with van der Waals surface area (Å²) in [6, 6.07) is 6.17. The summed E-state index contributed by atoms with van der Waals surface area (Å²) >= 11 is 1.32. The highest BCUT2D eigenvalue weighted by atomic mass is 35.5. The third kappa shape index (κ3) is 5.12. The van der Waals surface area contributed by atoms with Gasteiger partial charge < -0.3 is 15.8 Å². The zero-order chi connectivity index (χ0) is 17.2. The van der Waals surface area contributed by atoms with Crippen LogP contribution in [0.2, 0.25) is 0 Å². The Labute approximate surface area is 148 Å². The number of carbonyl (C=O) groups excluding carboxylic acids is 1. The minimum atomic E-state index is -2.86. The smallest absolute Gasteiger partial charge is 0.387 e. The number of anilines is 1. The number of hydrogen-bond donors (Lipinski definition) is 2. The minimum absolute atomic E-state index is 0. The van der Waals surface area contributed by atoms with Crippen LogP contribution in [0.4, 0.5) is 13.9 Å². The number of aromatic nitrogens is 1. The second-order valence-electron chi connectivity index (χ2n) is 5.50. The summed E-state index contributed by atoms with van der Waals surface area (Å²) in [5.74, 6) is -0.256. The quantitative estimate of drug-likeness (QED) is 0.830. The van der Waals surface area contributed by atoms with Crippen LogP contribution in [0, 0.1) is 6.92 Å². The van der Waals surface area contributed by atoms with Gasteiger partial charge in [-0.05, 0) is 45.0 Å². The van der Waals surface area contributed by atoms with Crippen molar-refractivity contribution in [3.8, 4) is 17.0 Å². The summed E-state index contributed by atoms with van der Waals surface area (Å²) in [7, 11) is 0. The summed E-state index contributed by atoms with van der Waals surface area (Å²) in [5, 5.41) is 3.11. The van der Waals surface area contributed by atoms with E-state index in [0.29, 0.717) is 10.8 Å². The number of aryl methyl sites for hydroxylation is 1. The predicted octanol–water partition coefficient (Wildman–Crippen LogP) is 3.82. The van der Waals surface area contributed by atoms with Gasteiger partial charge in [-0.2, -0.15) is 8.78 Å². The van der Waals surface area contributed by atoms with Crippen LogP contribution in [-0.2, 0) is 4.79 Å². The third-order valence-corrected chi connectivity index (χ3v) is 3.84. The largest absolute Gasteiger partial charge is 0.435 e. The van der Waals surface area contributed by atoms with Crippen LogP contribution in [-0.4, -0.2) is 23.0 Å². The molecule has 0 saturated carbocycles. The molecule has 0 aliphatic rings. The van der Waals surface area contributed by atoms with Gasteiger partial charge in [0.2, 0.25) is 5.91 Å². The van der Waals surface area contributed by atoms with Crippen LogP contribution < -0.4 is 15.8 Å². The highest BCUT2D eigenvalue weighted by molar-refractivity contribution is 7.16. The molecule has 1 amide bonds. The number of amides is 1. The second kappa shape index (κ2) is 7.87. The van der Waals surface area contributed by atoms with E-state index in [-0.39, 0.29) is 24.1 Å². The number of nitrogens with two attached hydrogens (primary N) is 1. The molecule has 0 spiro atoms. The molecule has 0 bridgehead atoms. The first-order valence-corrected chi connectivity index (χ1v) is 7.61. The maximum absolute atomic E-state index is 12.1. The average molecular weight is 378 g/mol. The van der Waals surface area contributed by atoms with Gasteiger partial charge in [0, 0.05) is 10.4 Å². The molecular formula is C15H18ClF2N3O2S. The van der Waals surface area contributed by atoms with Crippen molar-refractivity contribution in [2.24, 2.45) is 5.73 Å². The van der Waals surface area contributed by atoms with Gasteiger partial charge in [0.15, 0.2) is 5.13 Å². The van der Waals surface area contributed by atoms with E-state index >= 15 is 0 Å². The maximum atomic E-state index is 12.1. The van der Waals surface area contributed by atoms with Crippen molar-refractivity contribution in [1.82, 2.24) is 4.98 Å². The Bertz CT molecular complexity index is 700. The zero-order valence-corrected chi connectivity index (χ0v) is 14.9. The number of ether oxygens (including phenoxy) is 1. The molecule has 2 aromatic rings. The van der Waals surface area contributed by atoms with E-state index in [1.165, 1.54) is 23.5 Å². The van der Waals surface area contributed by atoms with Crippen LogP contribution >= 0.6 is 23.7 Å². The topological polar surface area (TPSA) is 77.2 Å². The molecule has 0 radical (unpaired) electrons. The SMILES string of the molecule is Cc1sc(NC(=O)C(C)(C)N)nc1-c1ccc(OC(F)F)cc1.Cl. The maximum Gasteiger partial charge on any atom is 0.387 e. The first kappa shape index (κ1) is 20.3. The van der Waals surface area contributed by atoms with Crippen molar-refractivity contribution in [2.45, 2.75) is 32.9 Å². The molecule has 9 heteroatoms. The molecule has 1 aromatic carbocycles. The number of hydrogen-bond acceptors (Lipinski definition) is 5. The first-order valence-electron chi connectivity index (χ1n) is 6.80. The highest BCUT2D eigenvalue weighted by Gasteiger charge is 2.23. The number of alkyl halides is 2. The van der Waals surface area contributed by atoms with Gasteiger partial charge in [-0.15, -0.1) is 23.7 Å². The van der Waals surface area contributed by atoms with Crippen molar-refractivity contribution >= 4 is 34.8 Å². The van der Waals surface area contributed by atoms with E-state index in [1.807, 2.05) is 6.92 Å². The zero-order valence-electron chi connectivity index (χ0n) is 13.3. The van der Waals surface area contributed by atoms with E-state index in [9.17, 15) is 13.6 Å². The van der Waals surface area contributed by atoms with E-state index in [2.05, 4.69) is 15.0 Å². The van der Waals surface area contributed by atoms with Crippen LogP contribution in [0.3, 0.4) is 0 Å². The molecule has 5 nitrogen and oxygen atoms in total. The Morgan fingerprint density at radius 1 is 1.33 bits per heavy atom. The van der Waals surface area contributed by atoms with E-state index < -0.39 is 12.2 Å². The van der Waals surface area contributed by atoms with Crippen molar-refractivity contribution in [3.63, 3.8) is 0 Å². The minimum Gasteiger partial charge on any atom is -0.435 e. The number of benzene rings is 1. The number of nitrogens with zero attached hydrogens (tertiary/aromatic N) is 1. The van der Waals surface area contributed by atoms with Crippen molar-refractivity contribution < 1.29 is 18.3 Å². The summed E-state index contributed by atoms with van der Waals surface area (Å²) in [4.78, 5) is 17.1. The number of carbonyl (C=O) groups is 1. The second-order valence-corrected chi connectivity index (χ2v) is 6.71. The number of rotatable bonds is 5. The lowest BCUT2D eigenvalue weighted by atomic mass is 10.1. The molecule has 132 valence electrons. The van der Waals surface area contributed by atoms with Crippen LogP contribution in [0.15, 0.2) is 24.3 Å². The van der Waals surface area contributed by atoms with Crippen molar-refractivity contribution in [3.05, 3.63) is 29.1 Å². The lowest BCUT2D eigenvalue weighted by molar-refractivity contribution is -0.120. The molecule has 0 fully saturated rings. The molecule has 2 rings (SSSR count). The molecule has 0 aliphatic carbocycles. The molecule has 0 aliphatic heterocycles. The van der Waals surface area contributed by atoms with Crippen LogP contribution in [0.5, 0.6) is 5.75 Å². The molecule has 0 saturated heterocycles. The van der Waals surface area contributed by atoms with E-state index in [1.54, 1.807) is 26.0 Å². The average Bonchev–Trinajstić information content (AvgIpc) is 2.78. The molecule has 3 N–H and O–H groups in total. The van der Waals surface area contributed by atoms with Crippen molar-refractivity contribution in [2.75, 3.05) is 5.32 Å². The Morgan fingerprint density at radius 3 is 2.42 bits per heavy atom. The van der Waals surface area contributed by atoms with Crippen molar-refractivity contribution in [1.29, 1.82) is 0 Å². The summed E-state index contributed by atoms with van der Waals surface area (Å²) in [5.41, 5.74) is 6.14. The van der Waals surface area contributed by atoms with Gasteiger partial charge in [-0.25, -0.2) is 4.98 Å². The Balaban J connectivity index is 0.00000288. The van der Waals surface area contributed by atoms with Crippen LogP contribution in [0.25, 0.3) is 11.3 Å². The number of thiazole rings is 1. The van der Waals surface area contributed by atoms with Crippen LogP contribution in [0.1, 0.15) is 18.7 Å². The Hall–Kier alpha value is -1.77. The molecule has 0 atom stereocenters. The first-order chi connectivity index (χ1) is 10.7. The molecule has 24 heavy (non-hydrogen) atoms. The van der Waals surface area contributed by atoms with Gasteiger partial charge in [0.05, 0.1) is 11.2 Å². The standard InChI is InChI=1S/C15H17F2N3O2S.ClH/c1-8-11(9-4-6-10(7-5-9)22-13(16)17)19-14(23-8)20-12(21)15(2,3)18;/h4-7,13H,18H2,1-3H3,(H,19,20,21);1H. The number of nitrogens with one attached hydrogen (secondary N) is 1. The third-order valence-electron chi connectivity index (χ3n) is 2.96. The fourth-order valence-corrected chi connectivity index (χ4v) is 2.60. The Morgan fingerprint density at radius 2 is 1.92 bits per heavy atom. The Kier molecular flexibility index (Phi) is 6.65. The number of halogens is 3. The van der Waals surface area contributed by atoms with Gasteiger partial charge >= 0.3 is 6.61 Å². The van der Waals surface area contributed by atoms with Gasteiger partial charge in [-0.3, -0.25) is 4.79 Å². The lowest BCUT2D eigenvalue weighted by Crippen LogP contribution is -2.45. The van der Waals surface area contributed by atoms with E-state index in [4.69, 9.17) is 5.73 Å². The van der Waals surface area contributed by atoms with Gasteiger partial charge in [0.25, 0.3) is 0 Å². The normalized spacial score (nSPS) is 11.1. The predicted molar refractivity (Wildman–Crippen MR) is 93.1 cm³/mol. The highest BCUT2D eigenvalue weighted by Crippen LogP contribution is 2.31. The van der Waals surface area contributed by atoms with E-state index in [0.717, 1.165) is 10.4 Å². The summed E-state index contributed by atoms with van der Waals surface area (Å²) in [6.45, 7) is 2.21.